The molecule has 0 aliphatic rings. The molecule has 16 heavy (non-hydrogen) atoms. The van der Waals surface area contributed by atoms with Gasteiger partial charge >= 0.3 is 0 Å². The highest BCUT2D eigenvalue weighted by molar-refractivity contribution is 7.89. The standard InChI is InChI=1S/C9H22N2O4S/c1-9(8-15-3)11(5-6-14-2)16(12,13)7-4-10/h9H,4-8,10H2,1-3H3. The zero-order valence-corrected chi connectivity index (χ0v) is 11.0. The van der Waals surface area contributed by atoms with E-state index >= 15 is 0 Å². The second-order valence-corrected chi connectivity index (χ2v) is 5.55. The van der Waals surface area contributed by atoms with Crippen molar-refractivity contribution in [2.75, 3.05) is 46.3 Å². The third-order valence-corrected chi connectivity index (χ3v) is 4.16. The lowest BCUT2D eigenvalue weighted by molar-refractivity contribution is 0.119. The highest BCUT2D eigenvalue weighted by Gasteiger charge is 2.26. The van der Waals surface area contributed by atoms with Crippen LogP contribution in [0.15, 0.2) is 0 Å². The maximum absolute atomic E-state index is 11.9. The fourth-order valence-electron chi connectivity index (χ4n) is 1.41. The molecule has 0 aliphatic heterocycles. The van der Waals surface area contributed by atoms with Crippen LogP contribution in [-0.4, -0.2) is 65.0 Å². The third-order valence-electron chi connectivity index (χ3n) is 2.15. The number of hydrogen-bond acceptors (Lipinski definition) is 5. The summed E-state index contributed by atoms with van der Waals surface area (Å²) in [5.41, 5.74) is 5.29. The summed E-state index contributed by atoms with van der Waals surface area (Å²) in [6.45, 7) is 2.95. The number of hydrogen-bond donors (Lipinski definition) is 1. The monoisotopic (exact) mass is 254 g/mol. The molecule has 0 saturated heterocycles. The van der Waals surface area contributed by atoms with E-state index in [2.05, 4.69) is 0 Å². The number of ether oxygens (including phenoxy) is 2. The second-order valence-electron chi connectivity index (χ2n) is 3.51. The van der Waals surface area contributed by atoms with Crippen LogP contribution in [0, 0.1) is 0 Å². The van der Waals surface area contributed by atoms with Gasteiger partial charge in [0.25, 0.3) is 0 Å². The molecule has 7 heteroatoms. The van der Waals surface area contributed by atoms with Crippen molar-refractivity contribution in [2.45, 2.75) is 13.0 Å². The minimum absolute atomic E-state index is 0.0508. The lowest BCUT2D eigenvalue weighted by atomic mass is 10.3. The molecule has 98 valence electrons. The molecule has 0 aromatic carbocycles. The number of rotatable bonds is 9. The van der Waals surface area contributed by atoms with Crippen molar-refractivity contribution in [2.24, 2.45) is 5.73 Å². The minimum atomic E-state index is -3.32. The van der Waals surface area contributed by atoms with Gasteiger partial charge in [-0.25, -0.2) is 8.42 Å². The molecule has 0 radical (unpaired) electrons. The van der Waals surface area contributed by atoms with Gasteiger partial charge in [0.1, 0.15) is 0 Å². The van der Waals surface area contributed by atoms with Crippen molar-refractivity contribution < 1.29 is 17.9 Å². The zero-order valence-electron chi connectivity index (χ0n) is 10.2. The zero-order chi connectivity index (χ0) is 12.6. The molecular weight excluding hydrogens is 232 g/mol. The van der Waals surface area contributed by atoms with Gasteiger partial charge in [-0.2, -0.15) is 4.31 Å². The van der Waals surface area contributed by atoms with Crippen molar-refractivity contribution in [1.82, 2.24) is 4.31 Å². The van der Waals surface area contributed by atoms with Crippen LogP contribution in [0.2, 0.25) is 0 Å². The Balaban J connectivity index is 4.64. The van der Waals surface area contributed by atoms with Crippen LogP contribution in [0.5, 0.6) is 0 Å². The smallest absolute Gasteiger partial charge is 0.215 e. The first kappa shape index (κ1) is 15.8. The van der Waals surface area contributed by atoms with Crippen molar-refractivity contribution in [3.8, 4) is 0 Å². The van der Waals surface area contributed by atoms with E-state index in [1.165, 1.54) is 11.4 Å². The highest BCUT2D eigenvalue weighted by Crippen LogP contribution is 2.07. The Labute approximate surface area is 97.7 Å². The number of nitrogens with two attached hydrogens (primary N) is 1. The Bertz CT molecular complexity index is 269. The number of nitrogens with zero attached hydrogens (tertiary/aromatic N) is 1. The third kappa shape index (κ3) is 5.22. The predicted octanol–water partition coefficient (Wildman–Crippen LogP) is -0.742. The molecule has 0 saturated carbocycles. The van der Waals surface area contributed by atoms with E-state index in [9.17, 15) is 8.42 Å². The normalized spacial score (nSPS) is 14.3. The summed E-state index contributed by atoms with van der Waals surface area (Å²) in [4.78, 5) is 0. The SMILES string of the molecule is COCCN(C(C)COC)S(=O)(=O)CCN. The maximum atomic E-state index is 11.9. The molecule has 0 aromatic heterocycles. The first-order chi connectivity index (χ1) is 7.49. The summed E-state index contributed by atoms with van der Waals surface area (Å²) in [7, 11) is -0.239. The molecule has 0 bridgehead atoms. The van der Waals surface area contributed by atoms with E-state index in [0.717, 1.165) is 0 Å². The lowest BCUT2D eigenvalue weighted by Crippen LogP contribution is -2.45. The predicted molar refractivity (Wildman–Crippen MR) is 62.8 cm³/mol. The Kier molecular flexibility index (Phi) is 7.86. The maximum Gasteiger partial charge on any atom is 0.215 e. The molecule has 0 aromatic rings. The largest absolute Gasteiger partial charge is 0.383 e. The van der Waals surface area contributed by atoms with Crippen molar-refractivity contribution >= 4 is 10.0 Å². The van der Waals surface area contributed by atoms with E-state index in [1.54, 1.807) is 14.0 Å². The Morgan fingerprint density at radius 1 is 1.31 bits per heavy atom. The van der Waals surface area contributed by atoms with E-state index in [1.807, 2.05) is 0 Å². The fraction of sp³-hybridized carbons (Fsp3) is 1.00. The van der Waals surface area contributed by atoms with Crippen molar-refractivity contribution in [3.05, 3.63) is 0 Å². The van der Waals surface area contributed by atoms with Gasteiger partial charge in [0.2, 0.25) is 10.0 Å². The summed E-state index contributed by atoms with van der Waals surface area (Å²) >= 11 is 0. The Morgan fingerprint density at radius 3 is 2.38 bits per heavy atom. The minimum Gasteiger partial charge on any atom is -0.383 e. The van der Waals surface area contributed by atoms with Crippen LogP contribution >= 0.6 is 0 Å². The van der Waals surface area contributed by atoms with Crippen molar-refractivity contribution in [3.63, 3.8) is 0 Å². The van der Waals surface area contributed by atoms with Crippen molar-refractivity contribution in [1.29, 1.82) is 0 Å². The summed E-state index contributed by atoms with van der Waals surface area (Å²) in [6.07, 6.45) is 0. The number of methoxy groups -OCH3 is 2. The molecule has 0 spiro atoms. The molecule has 0 rings (SSSR count). The van der Waals surface area contributed by atoms with Crippen LogP contribution < -0.4 is 5.73 Å². The van der Waals surface area contributed by atoms with Gasteiger partial charge in [-0.3, -0.25) is 0 Å². The number of sulfonamides is 1. The van der Waals surface area contributed by atoms with Gasteiger partial charge in [-0.05, 0) is 6.92 Å². The molecule has 6 nitrogen and oxygen atoms in total. The molecule has 2 N–H and O–H groups in total. The molecule has 1 atom stereocenters. The summed E-state index contributed by atoms with van der Waals surface area (Å²) in [5, 5.41) is 0. The summed E-state index contributed by atoms with van der Waals surface area (Å²) < 4.78 is 35.0. The lowest BCUT2D eigenvalue weighted by Gasteiger charge is -2.27. The van der Waals surface area contributed by atoms with Gasteiger partial charge in [-0.1, -0.05) is 0 Å². The highest BCUT2D eigenvalue weighted by atomic mass is 32.2. The quantitative estimate of drug-likeness (QED) is 0.586. The average molecular weight is 254 g/mol. The van der Waals surface area contributed by atoms with E-state index < -0.39 is 10.0 Å². The van der Waals surface area contributed by atoms with E-state index in [-0.39, 0.29) is 18.3 Å². The van der Waals surface area contributed by atoms with Crippen LogP contribution in [0.1, 0.15) is 6.92 Å². The molecule has 0 heterocycles. The van der Waals surface area contributed by atoms with Gasteiger partial charge in [-0.15, -0.1) is 0 Å². The fourth-order valence-corrected chi connectivity index (χ4v) is 2.90. The average Bonchev–Trinajstić information content (AvgIpc) is 2.18. The van der Waals surface area contributed by atoms with Gasteiger partial charge in [0.05, 0.1) is 19.0 Å². The summed E-state index contributed by atoms with van der Waals surface area (Å²) in [5.74, 6) is -0.0508. The molecule has 1 unspecified atom stereocenters. The Hall–Kier alpha value is -0.210. The van der Waals surface area contributed by atoms with Crippen LogP contribution in [0.4, 0.5) is 0 Å². The van der Waals surface area contributed by atoms with Gasteiger partial charge in [0.15, 0.2) is 0 Å². The van der Waals surface area contributed by atoms with E-state index in [4.69, 9.17) is 15.2 Å². The molecular formula is C9H22N2O4S. The first-order valence-corrected chi connectivity index (χ1v) is 6.78. The summed E-state index contributed by atoms with van der Waals surface area (Å²) in [6, 6.07) is -0.211. The topological polar surface area (TPSA) is 81.9 Å². The first-order valence-electron chi connectivity index (χ1n) is 5.17. The second kappa shape index (κ2) is 7.97. The van der Waals surface area contributed by atoms with E-state index in [0.29, 0.717) is 19.8 Å². The Morgan fingerprint density at radius 2 is 1.94 bits per heavy atom. The van der Waals surface area contributed by atoms with Gasteiger partial charge in [0, 0.05) is 33.4 Å². The molecule has 0 amide bonds. The van der Waals surface area contributed by atoms with Crippen LogP contribution in [0.3, 0.4) is 0 Å². The van der Waals surface area contributed by atoms with Gasteiger partial charge < -0.3 is 15.2 Å². The van der Waals surface area contributed by atoms with Crippen LogP contribution in [-0.2, 0) is 19.5 Å². The molecule has 0 aliphatic carbocycles. The molecule has 0 fully saturated rings. The van der Waals surface area contributed by atoms with Crippen LogP contribution in [0.25, 0.3) is 0 Å².